The number of carbonyl (C=O) groups excluding carboxylic acids is 2. The van der Waals surface area contributed by atoms with Gasteiger partial charge in [-0.05, 0) is 19.1 Å². The van der Waals surface area contributed by atoms with Crippen LogP contribution in [-0.4, -0.2) is 56.6 Å². The van der Waals surface area contributed by atoms with Gasteiger partial charge in [-0.1, -0.05) is 11.6 Å². The van der Waals surface area contributed by atoms with Crippen LogP contribution in [0.25, 0.3) is 16.9 Å². The van der Waals surface area contributed by atoms with Gasteiger partial charge in [-0.3, -0.25) is 9.59 Å². The molecule has 2 aromatic carbocycles. The molecule has 2 heterocycles. The molecule has 1 amide bonds. The Bertz CT molecular complexity index is 1710. The number of ketones is 1. The molecule has 0 saturated carbocycles. The number of H-pyrrole nitrogens is 1. The van der Waals surface area contributed by atoms with E-state index in [0.717, 1.165) is 10.6 Å². The summed E-state index contributed by atoms with van der Waals surface area (Å²) < 4.78 is 46.1. The topological polar surface area (TPSA) is 158 Å². The molecule has 0 aliphatic heterocycles. The van der Waals surface area contributed by atoms with Crippen LogP contribution in [-0.2, 0) is 18.0 Å². The van der Waals surface area contributed by atoms with Gasteiger partial charge in [-0.25, -0.2) is 28.1 Å². The molecule has 3 N–H and O–H groups in total. The van der Waals surface area contributed by atoms with E-state index in [1.807, 2.05) is 0 Å². The first-order chi connectivity index (χ1) is 19.6. The van der Waals surface area contributed by atoms with Crippen LogP contribution in [0.5, 0.6) is 17.2 Å². The maximum atomic E-state index is 14.6. The number of aliphatic hydroxyl groups excluding tert-OH is 1. The highest BCUT2D eigenvalue weighted by Crippen LogP contribution is 2.37. The Morgan fingerprint density at radius 2 is 1.88 bits per heavy atom. The maximum Gasteiger partial charge on any atom is 0.332 e. The summed E-state index contributed by atoms with van der Waals surface area (Å²) in [5.41, 5.74) is -1.20. The number of methoxy groups -OCH3 is 1. The molecule has 0 aliphatic carbocycles. The number of aromatic nitrogens is 4. The zero-order valence-electron chi connectivity index (χ0n) is 22.0. The fraction of sp³-hybridized carbons (Fsp3) is 0.269. The number of carbonyl (C=O) groups is 2. The number of Topliss-reactive ketones (excluding diaryl/α,β-unsaturated/α-hetero) is 1. The highest BCUT2D eigenvalue weighted by Gasteiger charge is 2.23. The molecule has 4 aromatic rings. The van der Waals surface area contributed by atoms with Gasteiger partial charge >= 0.3 is 5.69 Å². The van der Waals surface area contributed by atoms with E-state index in [4.69, 9.17) is 25.8 Å². The number of nitrogens with zero attached hydrogens (tertiary/aromatic N) is 3. The van der Waals surface area contributed by atoms with Crippen molar-refractivity contribution in [1.29, 1.82) is 0 Å². The first-order valence-corrected chi connectivity index (χ1v) is 12.5. The second-order valence-electron chi connectivity index (χ2n) is 8.49. The third kappa shape index (κ3) is 5.98. The number of likely N-dealkylation sites (N-methyl/N-ethyl adjacent to an activating group) is 1. The fourth-order valence-corrected chi connectivity index (χ4v) is 4.18. The van der Waals surface area contributed by atoms with Gasteiger partial charge in [0.25, 0.3) is 5.91 Å². The molecule has 0 spiro atoms. The lowest BCUT2D eigenvalue weighted by Gasteiger charge is -2.17. The average Bonchev–Trinajstić information content (AvgIpc) is 3.27. The van der Waals surface area contributed by atoms with Crippen LogP contribution in [0.2, 0.25) is 5.02 Å². The molecule has 0 fully saturated rings. The molecule has 12 nitrogen and oxygen atoms in total. The second kappa shape index (κ2) is 12.3. The summed E-state index contributed by atoms with van der Waals surface area (Å²) in [5, 5.41) is 12.1. The van der Waals surface area contributed by atoms with Crippen LogP contribution in [0.15, 0.2) is 29.1 Å². The fourth-order valence-electron chi connectivity index (χ4n) is 3.94. The number of aromatic amines is 1. The number of halogens is 3. The minimum Gasteiger partial charge on any atom is -0.496 e. The van der Waals surface area contributed by atoms with Crippen LogP contribution in [0, 0.1) is 11.6 Å². The summed E-state index contributed by atoms with van der Waals surface area (Å²) in [7, 11) is 1.28. The number of hydrogen-bond donors (Lipinski definition) is 3. The quantitative estimate of drug-likeness (QED) is 0.223. The summed E-state index contributed by atoms with van der Waals surface area (Å²) in [6.45, 7) is 1.72. The Balaban J connectivity index is 1.86. The van der Waals surface area contributed by atoms with Gasteiger partial charge in [0.1, 0.15) is 30.2 Å². The number of rotatable bonds is 11. The maximum absolute atomic E-state index is 14.6. The van der Waals surface area contributed by atoms with Crippen LogP contribution >= 0.6 is 11.6 Å². The normalized spacial score (nSPS) is 11.0. The zero-order chi connectivity index (χ0) is 29.8. The summed E-state index contributed by atoms with van der Waals surface area (Å²) in [5.74, 6) is -3.53. The first kappa shape index (κ1) is 29.4. The smallest absolute Gasteiger partial charge is 0.332 e. The lowest BCUT2D eigenvalue weighted by Crippen LogP contribution is -2.28. The Morgan fingerprint density at radius 1 is 1.15 bits per heavy atom. The van der Waals surface area contributed by atoms with Crippen LogP contribution < -0.4 is 25.2 Å². The molecule has 41 heavy (non-hydrogen) atoms. The van der Waals surface area contributed by atoms with E-state index in [0.29, 0.717) is 6.54 Å². The number of benzene rings is 2. The highest BCUT2D eigenvalue weighted by atomic mass is 35.5. The van der Waals surface area contributed by atoms with Crippen LogP contribution in [0.3, 0.4) is 0 Å². The number of aliphatic hydroxyl groups is 1. The van der Waals surface area contributed by atoms with Gasteiger partial charge in [-0.2, -0.15) is 0 Å². The predicted octanol–water partition coefficient (Wildman–Crippen LogP) is 2.84. The Kier molecular flexibility index (Phi) is 8.83. The Labute approximate surface area is 235 Å². The third-order valence-corrected chi connectivity index (χ3v) is 6.09. The van der Waals surface area contributed by atoms with Crippen molar-refractivity contribution in [2.45, 2.75) is 27.1 Å². The van der Waals surface area contributed by atoms with E-state index >= 15 is 0 Å². The minimum atomic E-state index is -1.19. The van der Waals surface area contributed by atoms with Crippen LogP contribution in [0.1, 0.15) is 35.7 Å². The van der Waals surface area contributed by atoms with Gasteiger partial charge in [-0.15, -0.1) is 0 Å². The number of imidazole rings is 1. The van der Waals surface area contributed by atoms with Crippen molar-refractivity contribution < 1.29 is 37.7 Å². The van der Waals surface area contributed by atoms with Gasteiger partial charge in [0.05, 0.1) is 23.4 Å². The number of amides is 1. The van der Waals surface area contributed by atoms with Gasteiger partial charge in [0.15, 0.2) is 47.0 Å². The Morgan fingerprint density at radius 3 is 2.54 bits per heavy atom. The van der Waals surface area contributed by atoms with E-state index in [1.165, 1.54) is 32.2 Å². The van der Waals surface area contributed by atoms with E-state index < -0.39 is 48.8 Å². The number of ether oxygens (including phenoxy) is 3. The van der Waals surface area contributed by atoms with E-state index in [9.17, 15) is 28.3 Å². The molecule has 0 atom stereocenters. The molecular weight excluding hydrogens is 568 g/mol. The third-order valence-electron chi connectivity index (χ3n) is 5.79. The Hall–Kier alpha value is -4.56. The summed E-state index contributed by atoms with van der Waals surface area (Å²) in [6.07, 6.45) is 0. The van der Waals surface area contributed by atoms with Crippen molar-refractivity contribution in [2.24, 2.45) is 0 Å². The van der Waals surface area contributed by atoms with Crippen molar-refractivity contribution in [3.63, 3.8) is 0 Å². The molecular formula is C26H24ClF2N5O7. The van der Waals surface area contributed by atoms with Crippen LogP contribution in [0.4, 0.5) is 8.78 Å². The van der Waals surface area contributed by atoms with Crippen molar-refractivity contribution in [3.8, 4) is 22.9 Å². The molecule has 4 rings (SSSR count). The van der Waals surface area contributed by atoms with E-state index in [2.05, 4.69) is 20.3 Å². The van der Waals surface area contributed by atoms with Gasteiger partial charge < -0.3 is 29.6 Å². The average molecular weight is 592 g/mol. The number of nitrogens with one attached hydrogen (secondary N) is 2. The monoisotopic (exact) mass is 591 g/mol. The highest BCUT2D eigenvalue weighted by molar-refractivity contribution is 6.32. The van der Waals surface area contributed by atoms with Crippen molar-refractivity contribution in [1.82, 2.24) is 24.8 Å². The lowest BCUT2D eigenvalue weighted by molar-refractivity contribution is -0.123. The van der Waals surface area contributed by atoms with E-state index in [1.54, 1.807) is 6.92 Å². The largest absolute Gasteiger partial charge is 0.496 e. The molecule has 0 unspecified atom stereocenters. The zero-order valence-corrected chi connectivity index (χ0v) is 22.8. The first-order valence-electron chi connectivity index (χ1n) is 12.1. The molecule has 2 aromatic heterocycles. The lowest BCUT2D eigenvalue weighted by atomic mass is 10.2. The number of fused-ring (bicyclic) bond motifs is 1. The van der Waals surface area contributed by atoms with Crippen molar-refractivity contribution in [3.05, 3.63) is 68.5 Å². The molecule has 15 heteroatoms. The van der Waals surface area contributed by atoms with E-state index in [-0.39, 0.29) is 56.2 Å². The summed E-state index contributed by atoms with van der Waals surface area (Å²) in [6, 6.07) is 4.66. The standard InChI is InChI=1S/C26H24ClF2N5O7/c1-4-30-21(37)11-41-18-7-14(27)16(8-19(18)40-10-13-17(39-3)6-5-15(28)22(13)29)34-25-24(33-26(34)38)23(12(2)36)31-20(9-35)32-25/h5-8,35H,4,9-11H2,1-3H3,(H,30,37)(H,33,38). The second-order valence-corrected chi connectivity index (χ2v) is 8.90. The van der Waals surface area contributed by atoms with Crippen molar-refractivity contribution >= 4 is 34.5 Å². The molecule has 0 bridgehead atoms. The molecule has 0 aliphatic rings. The summed E-state index contributed by atoms with van der Waals surface area (Å²) >= 11 is 6.53. The molecule has 0 radical (unpaired) electrons. The predicted molar refractivity (Wildman–Crippen MR) is 142 cm³/mol. The van der Waals surface area contributed by atoms with Gasteiger partial charge in [0.2, 0.25) is 0 Å². The minimum absolute atomic E-state index is 0.00127. The number of hydrogen-bond acceptors (Lipinski definition) is 9. The molecule has 216 valence electrons. The summed E-state index contributed by atoms with van der Waals surface area (Å²) in [4.78, 5) is 47.9. The molecule has 0 saturated heterocycles. The SMILES string of the molecule is CCNC(=O)COc1cc(Cl)c(-n2c(=O)[nH]c3c(C(C)=O)nc(CO)nc32)cc1OCc1c(OC)ccc(F)c1F. The van der Waals surface area contributed by atoms with Gasteiger partial charge in [0, 0.05) is 25.6 Å². The van der Waals surface area contributed by atoms with Crippen molar-refractivity contribution in [2.75, 3.05) is 20.3 Å².